The minimum atomic E-state index is -0.810. The molecule has 1 aliphatic rings. The molecule has 1 aromatic carbocycles. The van der Waals surface area contributed by atoms with E-state index in [-0.39, 0.29) is 0 Å². The van der Waals surface area contributed by atoms with Crippen molar-refractivity contribution in [3.63, 3.8) is 0 Å². The Hall–Kier alpha value is -1.18. The van der Waals surface area contributed by atoms with E-state index in [1.54, 1.807) is 0 Å². The van der Waals surface area contributed by atoms with Crippen molar-refractivity contribution < 1.29 is 9.18 Å². The summed E-state index contributed by atoms with van der Waals surface area (Å²) in [6, 6.07) is 8.09. The highest BCUT2D eigenvalue weighted by Gasteiger charge is 2.45. The Labute approximate surface area is 102 Å². The van der Waals surface area contributed by atoms with Crippen LogP contribution in [0.1, 0.15) is 37.8 Å². The second kappa shape index (κ2) is 4.59. The van der Waals surface area contributed by atoms with Gasteiger partial charge in [-0.1, -0.05) is 38.1 Å². The predicted molar refractivity (Wildman–Crippen MR) is 66.9 cm³/mol. The molecule has 0 aromatic heterocycles. The van der Waals surface area contributed by atoms with E-state index in [9.17, 15) is 9.18 Å². The van der Waals surface area contributed by atoms with Crippen LogP contribution in [0.25, 0.3) is 0 Å². The number of alkyl halides is 1. The van der Waals surface area contributed by atoms with Crippen LogP contribution in [-0.2, 0) is 16.6 Å². The third-order valence-corrected chi connectivity index (χ3v) is 3.57. The predicted octanol–water partition coefficient (Wildman–Crippen LogP) is 3.45. The summed E-state index contributed by atoms with van der Waals surface area (Å²) in [5.74, 6) is 0.625. The fourth-order valence-corrected chi connectivity index (χ4v) is 2.57. The average Bonchev–Trinajstić information content (AvgIpc) is 2.25. The molecule has 1 saturated carbocycles. The van der Waals surface area contributed by atoms with Crippen molar-refractivity contribution in [2.24, 2.45) is 5.92 Å². The van der Waals surface area contributed by atoms with Crippen LogP contribution in [0.15, 0.2) is 24.3 Å². The third-order valence-electron chi connectivity index (χ3n) is 3.57. The van der Waals surface area contributed by atoms with Crippen molar-refractivity contribution in [2.45, 2.75) is 44.7 Å². The Morgan fingerprint density at radius 2 is 1.94 bits per heavy atom. The quantitative estimate of drug-likeness (QED) is 0.729. The second-order valence-electron chi connectivity index (χ2n) is 5.57. The van der Waals surface area contributed by atoms with Gasteiger partial charge in [-0.3, -0.25) is 0 Å². The normalized spacial score (nSPS) is 27.9. The highest BCUT2D eigenvalue weighted by Crippen LogP contribution is 2.43. The Balaban J connectivity index is 2.15. The van der Waals surface area contributed by atoms with E-state index in [0.29, 0.717) is 18.8 Å². The van der Waals surface area contributed by atoms with Gasteiger partial charge in [0.05, 0.1) is 5.41 Å². The monoisotopic (exact) mass is 234 g/mol. The number of hydrogen-bond acceptors (Lipinski definition) is 1. The number of benzene rings is 1. The standard InChI is InChI=1S/C15H19FO/c1-11(2)7-12-3-5-13(6-4-12)15(10-17)8-14(16)9-15/h3-6,10-11,14H,7-9H2,1-2H3. The Morgan fingerprint density at radius 1 is 1.35 bits per heavy atom. The summed E-state index contributed by atoms with van der Waals surface area (Å²) in [5, 5.41) is 0. The maximum absolute atomic E-state index is 13.0. The first kappa shape index (κ1) is 12.3. The van der Waals surface area contributed by atoms with Crippen LogP contribution < -0.4 is 0 Å². The second-order valence-corrected chi connectivity index (χ2v) is 5.57. The molecule has 0 saturated heterocycles. The van der Waals surface area contributed by atoms with Gasteiger partial charge in [0.2, 0.25) is 0 Å². The number of carbonyl (C=O) groups excluding carboxylic acids is 1. The highest BCUT2D eigenvalue weighted by atomic mass is 19.1. The first-order valence-corrected chi connectivity index (χ1v) is 6.25. The molecule has 92 valence electrons. The lowest BCUT2D eigenvalue weighted by Crippen LogP contribution is -2.43. The molecule has 2 heteroatoms. The van der Waals surface area contributed by atoms with E-state index < -0.39 is 11.6 Å². The first-order chi connectivity index (χ1) is 8.05. The molecule has 0 heterocycles. The summed E-state index contributed by atoms with van der Waals surface area (Å²) in [5.41, 5.74) is 1.70. The summed E-state index contributed by atoms with van der Waals surface area (Å²) < 4.78 is 13.0. The van der Waals surface area contributed by atoms with Crippen molar-refractivity contribution in [1.82, 2.24) is 0 Å². The maximum atomic E-state index is 13.0. The zero-order valence-electron chi connectivity index (χ0n) is 10.4. The highest BCUT2D eigenvalue weighted by molar-refractivity contribution is 5.70. The van der Waals surface area contributed by atoms with Crippen LogP contribution in [0.5, 0.6) is 0 Å². The van der Waals surface area contributed by atoms with Crippen molar-refractivity contribution >= 4 is 6.29 Å². The van der Waals surface area contributed by atoms with Crippen LogP contribution in [0, 0.1) is 5.92 Å². The zero-order valence-corrected chi connectivity index (χ0v) is 10.4. The Kier molecular flexibility index (Phi) is 3.32. The maximum Gasteiger partial charge on any atom is 0.130 e. The molecule has 17 heavy (non-hydrogen) atoms. The minimum absolute atomic E-state index is 0.347. The summed E-state index contributed by atoms with van der Waals surface area (Å²) in [6.07, 6.45) is 1.84. The fraction of sp³-hybridized carbons (Fsp3) is 0.533. The van der Waals surface area contributed by atoms with E-state index >= 15 is 0 Å². The Morgan fingerprint density at radius 3 is 2.35 bits per heavy atom. The van der Waals surface area contributed by atoms with Gasteiger partial charge < -0.3 is 4.79 Å². The van der Waals surface area contributed by atoms with Crippen molar-refractivity contribution in [3.8, 4) is 0 Å². The summed E-state index contributed by atoms with van der Waals surface area (Å²) >= 11 is 0. The van der Waals surface area contributed by atoms with Gasteiger partial charge in [-0.25, -0.2) is 4.39 Å². The first-order valence-electron chi connectivity index (χ1n) is 6.25. The van der Waals surface area contributed by atoms with Crippen LogP contribution in [0.4, 0.5) is 4.39 Å². The van der Waals surface area contributed by atoms with Crippen LogP contribution in [-0.4, -0.2) is 12.5 Å². The van der Waals surface area contributed by atoms with E-state index in [1.165, 1.54) is 5.56 Å². The van der Waals surface area contributed by atoms with Crippen LogP contribution in [0.2, 0.25) is 0 Å². The van der Waals surface area contributed by atoms with Crippen LogP contribution >= 0.6 is 0 Å². The van der Waals surface area contributed by atoms with Gasteiger partial charge in [0.1, 0.15) is 12.5 Å². The SMILES string of the molecule is CC(C)Cc1ccc(C2(C=O)CC(F)C2)cc1. The zero-order chi connectivity index (χ0) is 12.5. The lowest BCUT2D eigenvalue weighted by Gasteiger charge is -2.40. The minimum Gasteiger partial charge on any atom is -0.302 e. The largest absolute Gasteiger partial charge is 0.302 e. The smallest absolute Gasteiger partial charge is 0.130 e. The van der Waals surface area contributed by atoms with Crippen molar-refractivity contribution in [1.29, 1.82) is 0 Å². The molecule has 0 N–H and O–H groups in total. The van der Waals surface area contributed by atoms with Crippen molar-refractivity contribution in [2.75, 3.05) is 0 Å². The number of carbonyl (C=O) groups is 1. The molecule has 1 aromatic rings. The number of rotatable bonds is 4. The topological polar surface area (TPSA) is 17.1 Å². The molecular weight excluding hydrogens is 215 g/mol. The number of aldehydes is 1. The molecule has 0 spiro atoms. The van der Waals surface area contributed by atoms with E-state index in [4.69, 9.17) is 0 Å². The molecule has 0 unspecified atom stereocenters. The molecule has 0 aliphatic heterocycles. The van der Waals surface area contributed by atoms with Crippen molar-refractivity contribution in [3.05, 3.63) is 35.4 Å². The average molecular weight is 234 g/mol. The van der Waals surface area contributed by atoms with Gasteiger partial charge in [-0.05, 0) is 36.3 Å². The van der Waals surface area contributed by atoms with Gasteiger partial charge in [0.25, 0.3) is 0 Å². The molecule has 0 radical (unpaired) electrons. The third kappa shape index (κ3) is 2.41. The van der Waals surface area contributed by atoms with Gasteiger partial charge in [0, 0.05) is 0 Å². The molecule has 1 nitrogen and oxygen atoms in total. The molecule has 0 amide bonds. The van der Waals surface area contributed by atoms with Gasteiger partial charge in [0.15, 0.2) is 0 Å². The number of halogens is 1. The fourth-order valence-electron chi connectivity index (χ4n) is 2.57. The molecule has 2 rings (SSSR count). The van der Waals surface area contributed by atoms with E-state index in [0.717, 1.165) is 18.3 Å². The Bertz CT molecular complexity index is 388. The van der Waals surface area contributed by atoms with Crippen LogP contribution in [0.3, 0.4) is 0 Å². The summed E-state index contributed by atoms with van der Waals surface area (Å²) in [6.45, 7) is 4.36. The lowest BCUT2D eigenvalue weighted by molar-refractivity contribution is -0.117. The summed E-state index contributed by atoms with van der Waals surface area (Å²) in [4.78, 5) is 11.2. The molecule has 1 aliphatic carbocycles. The number of hydrogen-bond donors (Lipinski definition) is 0. The van der Waals surface area contributed by atoms with Gasteiger partial charge >= 0.3 is 0 Å². The van der Waals surface area contributed by atoms with Gasteiger partial charge in [-0.15, -0.1) is 0 Å². The van der Waals surface area contributed by atoms with Gasteiger partial charge in [-0.2, -0.15) is 0 Å². The van der Waals surface area contributed by atoms with E-state index in [2.05, 4.69) is 26.0 Å². The molecule has 0 bridgehead atoms. The lowest BCUT2D eigenvalue weighted by atomic mass is 9.64. The molecule has 0 atom stereocenters. The van der Waals surface area contributed by atoms with E-state index in [1.807, 2.05) is 12.1 Å². The summed E-state index contributed by atoms with van der Waals surface area (Å²) in [7, 11) is 0. The molecular formula is C15H19FO. The molecule has 1 fully saturated rings.